The Bertz CT molecular complexity index is 421. The van der Waals surface area contributed by atoms with E-state index in [0.717, 1.165) is 18.4 Å². The maximum atomic E-state index is 8.58. The molecular formula is C13H19ClN2O2. The first-order chi connectivity index (χ1) is 8.58. The maximum Gasteiger partial charge on any atom is 0.170 e. The Morgan fingerprint density at radius 1 is 1.56 bits per heavy atom. The van der Waals surface area contributed by atoms with Crippen LogP contribution in [-0.2, 0) is 11.3 Å². The second-order valence-electron chi connectivity index (χ2n) is 4.20. The lowest BCUT2D eigenvalue weighted by Crippen LogP contribution is -2.13. The second kappa shape index (κ2) is 7.24. The fourth-order valence-corrected chi connectivity index (χ4v) is 1.84. The maximum absolute atomic E-state index is 8.58. The molecule has 1 aromatic rings. The highest BCUT2D eigenvalue weighted by Gasteiger charge is 2.07. The van der Waals surface area contributed by atoms with Gasteiger partial charge in [-0.05, 0) is 25.0 Å². The van der Waals surface area contributed by atoms with E-state index in [2.05, 4.69) is 12.1 Å². The summed E-state index contributed by atoms with van der Waals surface area (Å²) < 4.78 is 5.68. The van der Waals surface area contributed by atoms with Crippen molar-refractivity contribution in [1.82, 2.24) is 0 Å². The molecule has 1 aromatic carbocycles. The Hall–Kier alpha value is -1.26. The van der Waals surface area contributed by atoms with Gasteiger partial charge < -0.3 is 15.7 Å². The van der Waals surface area contributed by atoms with Gasteiger partial charge >= 0.3 is 0 Å². The first-order valence-corrected chi connectivity index (χ1v) is 6.34. The van der Waals surface area contributed by atoms with Crippen LogP contribution in [0.3, 0.4) is 0 Å². The summed E-state index contributed by atoms with van der Waals surface area (Å²) in [6, 6.07) is 5.25. The Kier molecular flexibility index (Phi) is 5.95. The predicted octanol–water partition coefficient (Wildman–Crippen LogP) is 3.14. The summed E-state index contributed by atoms with van der Waals surface area (Å²) in [5, 5.41) is 12.1. The van der Waals surface area contributed by atoms with Gasteiger partial charge in [0.15, 0.2) is 5.84 Å². The molecule has 0 aromatic heterocycles. The van der Waals surface area contributed by atoms with Crippen molar-refractivity contribution in [3.63, 3.8) is 0 Å². The number of oxime groups is 1. The molecule has 0 saturated carbocycles. The first-order valence-electron chi connectivity index (χ1n) is 5.96. The van der Waals surface area contributed by atoms with Gasteiger partial charge in [-0.15, -0.1) is 0 Å². The van der Waals surface area contributed by atoms with Crippen LogP contribution in [0.5, 0.6) is 0 Å². The molecule has 4 nitrogen and oxygen atoms in total. The number of rotatable bonds is 6. The minimum Gasteiger partial charge on any atom is -0.409 e. The average Bonchev–Trinajstić information content (AvgIpc) is 2.36. The average molecular weight is 271 g/mol. The van der Waals surface area contributed by atoms with E-state index in [1.54, 1.807) is 12.1 Å². The molecule has 0 saturated heterocycles. The summed E-state index contributed by atoms with van der Waals surface area (Å²) in [5.41, 5.74) is 6.97. The molecular weight excluding hydrogens is 252 g/mol. The molecule has 5 heteroatoms. The summed E-state index contributed by atoms with van der Waals surface area (Å²) in [6.45, 7) is 4.64. The van der Waals surface area contributed by atoms with E-state index < -0.39 is 0 Å². The number of hydrogen-bond donors (Lipinski definition) is 2. The van der Waals surface area contributed by atoms with Crippen LogP contribution in [0.4, 0.5) is 0 Å². The molecule has 100 valence electrons. The van der Waals surface area contributed by atoms with Gasteiger partial charge in [-0.1, -0.05) is 42.2 Å². The summed E-state index contributed by atoms with van der Waals surface area (Å²) in [7, 11) is 0. The Morgan fingerprint density at radius 2 is 2.28 bits per heavy atom. The van der Waals surface area contributed by atoms with Gasteiger partial charge in [-0.25, -0.2) is 0 Å². The molecule has 0 bridgehead atoms. The zero-order chi connectivity index (χ0) is 13.5. The number of hydrogen-bond acceptors (Lipinski definition) is 3. The molecule has 18 heavy (non-hydrogen) atoms. The van der Waals surface area contributed by atoms with Crippen molar-refractivity contribution >= 4 is 17.4 Å². The minimum atomic E-state index is 0.0451. The first kappa shape index (κ1) is 14.8. The fraction of sp³-hybridized carbons (Fsp3) is 0.462. The van der Waals surface area contributed by atoms with E-state index in [4.69, 9.17) is 27.3 Å². The monoisotopic (exact) mass is 270 g/mol. The molecule has 0 spiro atoms. The molecule has 0 aliphatic carbocycles. The van der Waals surface area contributed by atoms with E-state index in [9.17, 15) is 0 Å². The molecule has 1 rings (SSSR count). The quantitative estimate of drug-likeness (QED) is 0.361. The third kappa shape index (κ3) is 4.20. The molecule has 0 radical (unpaired) electrons. The Morgan fingerprint density at radius 3 is 2.83 bits per heavy atom. The van der Waals surface area contributed by atoms with E-state index in [1.165, 1.54) is 0 Å². The van der Waals surface area contributed by atoms with Crippen molar-refractivity contribution < 1.29 is 9.94 Å². The summed E-state index contributed by atoms with van der Waals surface area (Å²) in [4.78, 5) is 0. The number of nitrogens with two attached hydrogens (primary N) is 1. The second-order valence-corrected chi connectivity index (χ2v) is 4.61. The zero-order valence-corrected chi connectivity index (χ0v) is 11.4. The molecule has 0 amide bonds. The number of nitrogens with zero attached hydrogens (tertiary/aromatic N) is 1. The van der Waals surface area contributed by atoms with Crippen LogP contribution < -0.4 is 5.73 Å². The Balaban J connectivity index is 2.68. The van der Waals surface area contributed by atoms with Crippen LogP contribution in [0.25, 0.3) is 0 Å². The lowest BCUT2D eigenvalue weighted by Gasteiger charge is -2.13. The lowest BCUT2D eigenvalue weighted by molar-refractivity contribution is 0.0472. The highest BCUT2D eigenvalue weighted by Crippen LogP contribution is 2.19. The van der Waals surface area contributed by atoms with Crippen molar-refractivity contribution in [3.8, 4) is 0 Å². The molecule has 1 atom stereocenters. The molecule has 1 unspecified atom stereocenters. The lowest BCUT2D eigenvalue weighted by atomic mass is 10.1. The summed E-state index contributed by atoms with van der Waals surface area (Å²) >= 11 is 6.12. The van der Waals surface area contributed by atoms with Crippen LogP contribution >= 0.6 is 11.6 Å². The van der Waals surface area contributed by atoms with Gasteiger partial charge in [-0.3, -0.25) is 0 Å². The number of benzene rings is 1. The van der Waals surface area contributed by atoms with Crippen LogP contribution in [0, 0.1) is 0 Å². The van der Waals surface area contributed by atoms with Gasteiger partial charge in [0.25, 0.3) is 0 Å². The summed E-state index contributed by atoms with van der Waals surface area (Å²) in [6.07, 6.45) is 2.34. The van der Waals surface area contributed by atoms with Crippen molar-refractivity contribution in [2.45, 2.75) is 39.4 Å². The molecule has 0 fully saturated rings. The molecule has 3 N–H and O–H groups in total. The van der Waals surface area contributed by atoms with Crippen LogP contribution in [0.1, 0.15) is 37.8 Å². The van der Waals surface area contributed by atoms with Gasteiger partial charge in [0.1, 0.15) is 0 Å². The highest BCUT2D eigenvalue weighted by atomic mass is 35.5. The SMILES string of the molecule is CCCC(C)OCc1ccc(/C(N)=N/O)cc1Cl. The van der Waals surface area contributed by atoms with Crippen molar-refractivity contribution in [3.05, 3.63) is 34.3 Å². The van der Waals surface area contributed by atoms with Crippen molar-refractivity contribution in [1.29, 1.82) is 0 Å². The normalized spacial score (nSPS) is 13.6. The van der Waals surface area contributed by atoms with Crippen molar-refractivity contribution in [2.24, 2.45) is 10.9 Å². The molecule has 0 aliphatic rings. The van der Waals surface area contributed by atoms with Crippen LogP contribution in [0.15, 0.2) is 23.4 Å². The Labute approximate surface area is 112 Å². The number of ether oxygens (including phenoxy) is 1. The van der Waals surface area contributed by atoms with E-state index in [-0.39, 0.29) is 11.9 Å². The standard InChI is InChI=1S/C13H19ClN2O2/c1-3-4-9(2)18-8-11-6-5-10(7-12(11)14)13(15)16-17/h5-7,9,17H,3-4,8H2,1-2H3,(H2,15,16). The van der Waals surface area contributed by atoms with Gasteiger partial charge in [0, 0.05) is 10.6 Å². The topological polar surface area (TPSA) is 67.8 Å². The summed E-state index contributed by atoms with van der Waals surface area (Å²) in [5.74, 6) is 0.0451. The van der Waals surface area contributed by atoms with Gasteiger partial charge in [0.05, 0.1) is 12.7 Å². The van der Waals surface area contributed by atoms with Gasteiger partial charge in [0.2, 0.25) is 0 Å². The van der Waals surface area contributed by atoms with E-state index >= 15 is 0 Å². The smallest absolute Gasteiger partial charge is 0.170 e. The minimum absolute atomic E-state index is 0.0451. The third-order valence-electron chi connectivity index (χ3n) is 2.68. The zero-order valence-electron chi connectivity index (χ0n) is 10.7. The largest absolute Gasteiger partial charge is 0.409 e. The predicted molar refractivity (Wildman–Crippen MR) is 73.1 cm³/mol. The number of halogens is 1. The van der Waals surface area contributed by atoms with Crippen molar-refractivity contribution in [2.75, 3.05) is 0 Å². The fourth-order valence-electron chi connectivity index (χ4n) is 1.60. The molecule has 0 aliphatic heterocycles. The van der Waals surface area contributed by atoms with E-state index in [1.807, 2.05) is 13.0 Å². The number of amidine groups is 1. The molecule has 0 heterocycles. The van der Waals surface area contributed by atoms with E-state index in [0.29, 0.717) is 17.2 Å². The van der Waals surface area contributed by atoms with Crippen LogP contribution in [-0.4, -0.2) is 17.1 Å². The van der Waals surface area contributed by atoms with Crippen LogP contribution in [0.2, 0.25) is 5.02 Å². The highest BCUT2D eigenvalue weighted by molar-refractivity contribution is 6.31. The van der Waals surface area contributed by atoms with Gasteiger partial charge in [-0.2, -0.15) is 0 Å². The third-order valence-corrected chi connectivity index (χ3v) is 3.03.